The highest BCUT2D eigenvalue weighted by Gasteiger charge is 2.33. The maximum absolute atomic E-state index is 13.2. The lowest BCUT2D eigenvalue weighted by Gasteiger charge is -2.16. The van der Waals surface area contributed by atoms with Crippen LogP contribution in [0.1, 0.15) is 30.9 Å². The quantitative estimate of drug-likeness (QED) is 0.403. The largest absolute Gasteiger partial charge is 0.497 e. The third-order valence-electron chi connectivity index (χ3n) is 3.50. The Morgan fingerprint density at radius 3 is 2.56 bits per heavy atom. The molecule has 0 amide bonds. The Morgan fingerprint density at radius 2 is 1.96 bits per heavy atom. The SMILES string of the molecule is CCOCCCCNC(=NC)NCc1ccc(OC)cc1C(F)(F)F. The number of ether oxygens (including phenoxy) is 2. The standard InChI is InChI=1S/C17H26F3N3O2/c1-4-25-10-6-5-9-22-16(21-2)23-12-13-7-8-14(24-3)11-15(13)17(18,19)20/h7-8,11H,4-6,9-10,12H2,1-3H3,(H2,21,22,23). The first kappa shape index (κ1) is 21.1. The van der Waals surface area contributed by atoms with Gasteiger partial charge in [0, 0.05) is 33.4 Å². The Bertz CT molecular complexity index is 548. The predicted molar refractivity (Wildman–Crippen MR) is 91.9 cm³/mol. The third-order valence-corrected chi connectivity index (χ3v) is 3.50. The van der Waals surface area contributed by atoms with Gasteiger partial charge in [-0.3, -0.25) is 4.99 Å². The highest BCUT2D eigenvalue weighted by atomic mass is 19.4. The first-order valence-corrected chi connectivity index (χ1v) is 8.18. The number of guanidine groups is 1. The van der Waals surface area contributed by atoms with Gasteiger partial charge in [-0.05, 0) is 37.5 Å². The molecule has 8 heteroatoms. The molecule has 1 aromatic rings. The molecule has 142 valence electrons. The van der Waals surface area contributed by atoms with Crippen molar-refractivity contribution in [3.05, 3.63) is 29.3 Å². The van der Waals surface area contributed by atoms with Crippen LogP contribution in [-0.4, -0.2) is 39.9 Å². The van der Waals surface area contributed by atoms with E-state index in [1.807, 2.05) is 6.92 Å². The van der Waals surface area contributed by atoms with Gasteiger partial charge in [-0.15, -0.1) is 0 Å². The second-order valence-corrected chi connectivity index (χ2v) is 5.28. The molecule has 1 aromatic carbocycles. The summed E-state index contributed by atoms with van der Waals surface area (Å²) in [6.45, 7) is 4.02. The van der Waals surface area contributed by atoms with Gasteiger partial charge in [0.05, 0.1) is 12.7 Å². The summed E-state index contributed by atoms with van der Waals surface area (Å²) in [4.78, 5) is 4.02. The van der Waals surface area contributed by atoms with Gasteiger partial charge in [0.2, 0.25) is 0 Å². The second kappa shape index (κ2) is 10.8. The van der Waals surface area contributed by atoms with E-state index < -0.39 is 11.7 Å². The lowest BCUT2D eigenvalue weighted by atomic mass is 10.1. The minimum atomic E-state index is -4.44. The monoisotopic (exact) mass is 361 g/mol. The van der Waals surface area contributed by atoms with E-state index in [0.717, 1.165) is 18.9 Å². The molecule has 0 saturated heterocycles. The number of nitrogens with zero attached hydrogens (tertiary/aromatic N) is 1. The maximum Gasteiger partial charge on any atom is 0.416 e. The molecular weight excluding hydrogens is 335 g/mol. The molecule has 0 heterocycles. The van der Waals surface area contributed by atoms with E-state index in [0.29, 0.717) is 25.7 Å². The second-order valence-electron chi connectivity index (χ2n) is 5.28. The van der Waals surface area contributed by atoms with Crippen LogP contribution in [-0.2, 0) is 17.5 Å². The molecule has 0 aliphatic rings. The van der Waals surface area contributed by atoms with Crippen LogP contribution < -0.4 is 15.4 Å². The number of benzene rings is 1. The van der Waals surface area contributed by atoms with Crippen LogP contribution in [0.3, 0.4) is 0 Å². The van der Waals surface area contributed by atoms with Crippen molar-refractivity contribution >= 4 is 5.96 Å². The van der Waals surface area contributed by atoms with E-state index in [1.165, 1.54) is 19.2 Å². The lowest BCUT2D eigenvalue weighted by Crippen LogP contribution is -2.37. The summed E-state index contributed by atoms with van der Waals surface area (Å²) in [6, 6.07) is 3.92. The Kier molecular flexibility index (Phi) is 9.12. The van der Waals surface area contributed by atoms with Crippen LogP contribution in [0.4, 0.5) is 13.2 Å². The summed E-state index contributed by atoms with van der Waals surface area (Å²) >= 11 is 0. The average molecular weight is 361 g/mol. The number of aliphatic imine (C=N–C) groups is 1. The zero-order valence-corrected chi connectivity index (χ0v) is 14.9. The fourth-order valence-electron chi connectivity index (χ4n) is 2.18. The third kappa shape index (κ3) is 7.64. The molecule has 25 heavy (non-hydrogen) atoms. The van der Waals surface area contributed by atoms with Gasteiger partial charge in [0.25, 0.3) is 0 Å². The zero-order valence-electron chi connectivity index (χ0n) is 14.9. The van der Waals surface area contributed by atoms with E-state index in [1.54, 1.807) is 7.05 Å². The van der Waals surface area contributed by atoms with Crippen molar-refractivity contribution in [3.63, 3.8) is 0 Å². The van der Waals surface area contributed by atoms with Crippen LogP contribution in [0.2, 0.25) is 0 Å². The number of unbranched alkanes of at least 4 members (excludes halogenated alkanes) is 1. The summed E-state index contributed by atoms with van der Waals surface area (Å²) in [6.07, 6.45) is -2.65. The highest BCUT2D eigenvalue weighted by molar-refractivity contribution is 5.79. The van der Waals surface area contributed by atoms with Crippen molar-refractivity contribution < 1.29 is 22.6 Å². The van der Waals surface area contributed by atoms with E-state index in [2.05, 4.69) is 15.6 Å². The van der Waals surface area contributed by atoms with Crippen LogP contribution in [0, 0.1) is 0 Å². The van der Waals surface area contributed by atoms with Gasteiger partial charge < -0.3 is 20.1 Å². The van der Waals surface area contributed by atoms with Gasteiger partial charge in [-0.2, -0.15) is 13.2 Å². The van der Waals surface area contributed by atoms with Crippen molar-refractivity contribution in [3.8, 4) is 5.75 Å². The van der Waals surface area contributed by atoms with Crippen molar-refractivity contribution in [2.24, 2.45) is 4.99 Å². The predicted octanol–water partition coefficient (Wildman–Crippen LogP) is 3.20. The van der Waals surface area contributed by atoms with Crippen molar-refractivity contribution in [1.82, 2.24) is 10.6 Å². The molecule has 1 rings (SSSR count). The molecule has 0 bridgehead atoms. The fraction of sp³-hybridized carbons (Fsp3) is 0.588. The summed E-state index contributed by atoms with van der Waals surface area (Å²) in [5, 5.41) is 5.98. The molecule has 0 spiro atoms. The molecule has 2 N–H and O–H groups in total. The molecule has 0 unspecified atom stereocenters. The van der Waals surface area contributed by atoms with Crippen molar-refractivity contribution in [1.29, 1.82) is 0 Å². The topological polar surface area (TPSA) is 54.9 Å². The molecule has 5 nitrogen and oxygen atoms in total. The fourth-order valence-corrected chi connectivity index (χ4v) is 2.18. The molecule has 0 aliphatic carbocycles. The summed E-state index contributed by atoms with van der Waals surface area (Å²) in [7, 11) is 2.92. The molecular formula is C17H26F3N3O2. The minimum Gasteiger partial charge on any atom is -0.497 e. The first-order chi connectivity index (χ1) is 11.9. The van der Waals surface area contributed by atoms with Gasteiger partial charge in [0.15, 0.2) is 5.96 Å². The molecule has 0 aromatic heterocycles. The Hall–Kier alpha value is -1.96. The number of methoxy groups -OCH3 is 1. The smallest absolute Gasteiger partial charge is 0.416 e. The van der Waals surface area contributed by atoms with Crippen LogP contribution in [0.15, 0.2) is 23.2 Å². The van der Waals surface area contributed by atoms with E-state index in [4.69, 9.17) is 9.47 Å². The summed E-state index contributed by atoms with van der Waals surface area (Å²) in [5.41, 5.74) is -0.584. The number of nitrogens with one attached hydrogen (secondary N) is 2. The first-order valence-electron chi connectivity index (χ1n) is 8.18. The molecule has 0 aliphatic heterocycles. The van der Waals surface area contributed by atoms with Crippen molar-refractivity contribution in [2.45, 2.75) is 32.5 Å². The number of hydrogen-bond acceptors (Lipinski definition) is 3. The van der Waals surface area contributed by atoms with Gasteiger partial charge in [0.1, 0.15) is 5.75 Å². The molecule has 0 radical (unpaired) electrons. The van der Waals surface area contributed by atoms with Gasteiger partial charge in [-0.1, -0.05) is 6.07 Å². The van der Waals surface area contributed by atoms with Crippen molar-refractivity contribution in [2.75, 3.05) is 33.9 Å². The number of hydrogen-bond donors (Lipinski definition) is 2. The summed E-state index contributed by atoms with van der Waals surface area (Å²) < 4.78 is 49.7. The minimum absolute atomic E-state index is 0.0114. The zero-order chi connectivity index (χ0) is 18.7. The van der Waals surface area contributed by atoms with E-state index in [-0.39, 0.29) is 17.9 Å². The highest BCUT2D eigenvalue weighted by Crippen LogP contribution is 2.34. The molecule has 0 atom stereocenters. The molecule has 0 saturated carbocycles. The number of rotatable bonds is 9. The maximum atomic E-state index is 13.2. The Morgan fingerprint density at radius 1 is 1.20 bits per heavy atom. The normalized spacial score (nSPS) is 12.2. The Balaban J connectivity index is 2.57. The summed E-state index contributed by atoms with van der Waals surface area (Å²) in [5.74, 6) is 0.633. The number of alkyl halides is 3. The Labute approximate surface area is 146 Å². The molecule has 0 fully saturated rings. The van der Waals surface area contributed by atoms with Gasteiger partial charge >= 0.3 is 6.18 Å². The number of halogens is 3. The van der Waals surface area contributed by atoms with Gasteiger partial charge in [-0.25, -0.2) is 0 Å². The lowest BCUT2D eigenvalue weighted by molar-refractivity contribution is -0.138. The average Bonchev–Trinajstić information content (AvgIpc) is 2.59. The van der Waals surface area contributed by atoms with Crippen LogP contribution in [0.25, 0.3) is 0 Å². The van der Waals surface area contributed by atoms with Crippen LogP contribution >= 0.6 is 0 Å². The van der Waals surface area contributed by atoms with E-state index in [9.17, 15) is 13.2 Å². The van der Waals surface area contributed by atoms with Crippen LogP contribution in [0.5, 0.6) is 5.75 Å². The van der Waals surface area contributed by atoms with E-state index >= 15 is 0 Å².